The Kier molecular flexibility index (Phi) is 7.62. The minimum Gasteiger partial charge on any atom is -0.341 e. The highest BCUT2D eigenvalue weighted by Crippen LogP contribution is 2.51. The monoisotopic (exact) mass is 563 g/mol. The molecule has 2 aliphatic carbocycles. The number of hydrogen-bond donors (Lipinski definition) is 2. The number of nitrogens with one attached hydrogen (secondary N) is 2. The summed E-state index contributed by atoms with van der Waals surface area (Å²) in [6.07, 6.45) is 1.07. The number of rotatable bonds is 10. The minimum atomic E-state index is -4.35. The number of carbonyl (C=O) groups excluding carboxylic acids is 3. The first-order chi connectivity index (χ1) is 19.0. The lowest BCUT2D eigenvalue weighted by Crippen LogP contribution is -2.56. The molecule has 8 nitrogen and oxygen atoms in total. The van der Waals surface area contributed by atoms with Crippen molar-refractivity contribution in [3.05, 3.63) is 47.5 Å². The van der Waals surface area contributed by atoms with Crippen molar-refractivity contribution in [2.75, 3.05) is 18.4 Å². The maximum absolute atomic E-state index is 15.2. The van der Waals surface area contributed by atoms with Gasteiger partial charge in [0.15, 0.2) is 0 Å². The first-order valence-electron chi connectivity index (χ1n) is 13.8. The molecule has 1 aliphatic heterocycles. The van der Waals surface area contributed by atoms with Gasteiger partial charge in [-0.25, -0.2) is 4.39 Å². The van der Waals surface area contributed by atoms with Gasteiger partial charge in [-0.15, -0.1) is 0 Å². The number of hydrogen-bond acceptors (Lipinski definition) is 4. The van der Waals surface area contributed by atoms with Gasteiger partial charge in [0.05, 0.1) is 17.5 Å². The van der Waals surface area contributed by atoms with Crippen LogP contribution in [0.15, 0.2) is 30.5 Å². The molecule has 0 radical (unpaired) electrons. The maximum Gasteiger partial charge on any atom is 0.395 e. The summed E-state index contributed by atoms with van der Waals surface area (Å²) < 4.78 is 55.1. The number of aromatic nitrogens is 2. The van der Waals surface area contributed by atoms with Gasteiger partial charge in [0.25, 0.3) is 5.91 Å². The average Bonchev–Trinajstić information content (AvgIpc) is 3.81. The minimum absolute atomic E-state index is 0.0565. The van der Waals surface area contributed by atoms with Crippen molar-refractivity contribution >= 4 is 23.4 Å². The number of aryl methyl sites for hydroxylation is 1. The maximum atomic E-state index is 15.2. The molecule has 216 valence electrons. The molecular weight excluding hydrogens is 530 g/mol. The standard InChI is InChI=1S/C28H33F4N5O3/c1-3-37-22(10-11-33-37)25(38)35-24(23(16-4-5-16)17-6-7-17)26(39)34-21-9-8-18(12-20(21)29)15(2)27(40)36-13-19(14-36)28(30,31)32/h8-12,15-17,19,23-24H,3-7,13-14H2,1-2H3,(H,34,39)(H,35,38)/t15-,24-/m0/s1. The van der Waals surface area contributed by atoms with Crippen molar-refractivity contribution in [2.24, 2.45) is 23.7 Å². The van der Waals surface area contributed by atoms with E-state index in [1.54, 1.807) is 6.07 Å². The first-order valence-corrected chi connectivity index (χ1v) is 13.8. The van der Waals surface area contributed by atoms with Crippen LogP contribution in [-0.4, -0.2) is 57.7 Å². The fourth-order valence-electron chi connectivity index (χ4n) is 5.62. The Balaban J connectivity index is 1.28. The third kappa shape index (κ3) is 5.85. The molecule has 2 aromatic rings. The van der Waals surface area contributed by atoms with Gasteiger partial charge in [-0.1, -0.05) is 6.07 Å². The summed E-state index contributed by atoms with van der Waals surface area (Å²) in [7, 11) is 0. The molecule has 40 heavy (non-hydrogen) atoms. The fourth-order valence-corrected chi connectivity index (χ4v) is 5.62. The van der Waals surface area contributed by atoms with E-state index in [0.29, 0.717) is 29.6 Å². The quantitative estimate of drug-likeness (QED) is 0.421. The number of halogens is 4. The van der Waals surface area contributed by atoms with Crippen molar-refractivity contribution in [3.63, 3.8) is 0 Å². The normalized spacial score (nSPS) is 19.2. The summed E-state index contributed by atoms with van der Waals surface area (Å²) in [5, 5.41) is 9.65. The number of alkyl halides is 3. The molecule has 3 amide bonds. The molecule has 2 atom stereocenters. The summed E-state index contributed by atoms with van der Waals surface area (Å²) in [4.78, 5) is 40.4. The van der Waals surface area contributed by atoms with Crippen molar-refractivity contribution in [1.82, 2.24) is 20.0 Å². The molecule has 2 saturated carbocycles. The predicted octanol–water partition coefficient (Wildman–Crippen LogP) is 4.34. The zero-order valence-corrected chi connectivity index (χ0v) is 22.4. The highest BCUT2D eigenvalue weighted by molar-refractivity contribution is 6.01. The topological polar surface area (TPSA) is 96.3 Å². The molecule has 0 bridgehead atoms. The largest absolute Gasteiger partial charge is 0.395 e. The SMILES string of the molecule is CCn1nccc1C(=O)N[C@H](C(=O)Nc1ccc([C@H](C)C(=O)N2CC(C(F)(F)F)C2)cc1F)C(C1CC1)C1CC1. The molecule has 1 aromatic carbocycles. The van der Waals surface area contributed by atoms with Crippen molar-refractivity contribution in [2.45, 2.75) is 64.2 Å². The number of likely N-dealkylation sites (tertiary alicyclic amines) is 1. The molecule has 3 fully saturated rings. The van der Waals surface area contributed by atoms with Gasteiger partial charge < -0.3 is 15.5 Å². The Morgan fingerprint density at radius 2 is 1.73 bits per heavy atom. The van der Waals surface area contributed by atoms with Crippen LogP contribution < -0.4 is 10.6 Å². The second-order valence-corrected chi connectivity index (χ2v) is 11.2. The highest BCUT2D eigenvalue weighted by atomic mass is 19.4. The third-order valence-electron chi connectivity index (χ3n) is 8.31. The van der Waals surface area contributed by atoms with Gasteiger partial charge in [0.2, 0.25) is 11.8 Å². The third-order valence-corrected chi connectivity index (χ3v) is 8.31. The highest BCUT2D eigenvalue weighted by Gasteiger charge is 2.50. The van der Waals surface area contributed by atoms with Crippen LogP contribution in [0.3, 0.4) is 0 Å². The van der Waals surface area contributed by atoms with Crippen LogP contribution in [0.25, 0.3) is 0 Å². The van der Waals surface area contributed by atoms with E-state index >= 15 is 4.39 Å². The van der Waals surface area contributed by atoms with Crippen molar-refractivity contribution in [3.8, 4) is 0 Å². The Morgan fingerprint density at radius 3 is 2.27 bits per heavy atom. The Bertz CT molecular complexity index is 1270. The molecule has 1 aromatic heterocycles. The van der Waals surface area contributed by atoms with E-state index in [4.69, 9.17) is 0 Å². The number of anilines is 1. The van der Waals surface area contributed by atoms with Crippen molar-refractivity contribution in [1.29, 1.82) is 0 Å². The van der Waals surface area contributed by atoms with Crippen LogP contribution in [-0.2, 0) is 16.1 Å². The zero-order chi connectivity index (χ0) is 28.8. The lowest BCUT2D eigenvalue weighted by atomic mass is 9.88. The van der Waals surface area contributed by atoms with Crippen LogP contribution >= 0.6 is 0 Å². The Morgan fingerprint density at radius 1 is 1.07 bits per heavy atom. The van der Waals surface area contributed by atoms with Crippen LogP contribution in [0.1, 0.15) is 61.5 Å². The van der Waals surface area contributed by atoms with E-state index in [2.05, 4.69) is 15.7 Å². The van der Waals surface area contributed by atoms with Gasteiger partial charge >= 0.3 is 6.18 Å². The lowest BCUT2D eigenvalue weighted by molar-refractivity contribution is -0.210. The summed E-state index contributed by atoms with van der Waals surface area (Å²) in [5.74, 6) is -4.04. The summed E-state index contributed by atoms with van der Waals surface area (Å²) in [6, 6.07) is 4.66. The van der Waals surface area contributed by atoms with Gasteiger partial charge in [-0.2, -0.15) is 18.3 Å². The van der Waals surface area contributed by atoms with Crippen LogP contribution in [0.2, 0.25) is 0 Å². The molecule has 3 aliphatic rings. The number of benzene rings is 1. The average molecular weight is 564 g/mol. The second kappa shape index (κ2) is 10.9. The summed E-state index contributed by atoms with van der Waals surface area (Å²) in [6.45, 7) is 3.05. The molecule has 5 rings (SSSR count). The lowest BCUT2D eigenvalue weighted by Gasteiger charge is -2.41. The van der Waals surface area contributed by atoms with Crippen LogP contribution in [0.5, 0.6) is 0 Å². The molecule has 2 N–H and O–H groups in total. The van der Waals surface area contributed by atoms with Crippen LogP contribution in [0.4, 0.5) is 23.2 Å². The Labute approximate surface area is 229 Å². The van der Waals surface area contributed by atoms with E-state index in [1.807, 2.05) is 6.92 Å². The number of amides is 3. The van der Waals surface area contributed by atoms with Crippen LogP contribution in [0, 0.1) is 29.5 Å². The fraction of sp³-hybridized carbons (Fsp3) is 0.571. The van der Waals surface area contributed by atoms with Gasteiger partial charge in [0.1, 0.15) is 17.6 Å². The molecule has 0 spiro atoms. The molecule has 2 heterocycles. The van der Waals surface area contributed by atoms with Gasteiger partial charge in [-0.05, 0) is 81.0 Å². The second-order valence-electron chi connectivity index (χ2n) is 11.2. The predicted molar refractivity (Wildman–Crippen MR) is 138 cm³/mol. The van der Waals surface area contributed by atoms with E-state index in [-0.39, 0.29) is 11.6 Å². The van der Waals surface area contributed by atoms with Gasteiger partial charge in [-0.3, -0.25) is 19.1 Å². The molecular formula is C28H33F4N5O3. The zero-order valence-electron chi connectivity index (χ0n) is 22.4. The number of nitrogens with zero attached hydrogens (tertiary/aromatic N) is 3. The molecule has 1 saturated heterocycles. The molecule has 0 unspecified atom stereocenters. The van der Waals surface area contributed by atoms with Crippen molar-refractivity contribution < 1.29 is 31.9 Å². The first kappa shape index (κ1) is 28.1. The van der Waals surface area contributed by atoms with E-state index in [1.165, 1.54) is 29.9 Å². The van der Waals surface area contributed by atoms with E-state index in [0.717, 1.165) is 36.6 Å². The molecule has 12 heteroatoms. The summed E-state index contributed by atoms with van der Waals surface area (Å²) >= 11 is 0. The Hall–Kier alpha value is -3.44. The smallest absolute Gasteiger partial charge is 0.341 e. The summed E-state index contributed by atoms with van der Waals surface area (Å²) in [5.41, 5.74) is 0.531. The number of carbonyl (C=O) groups is 3. The van der Waals surface area contributed by atoms with E-state index in [9.17, 15) is 27.6 Å². The van der Waals surface area contributed by atoms with Gasteiger partial charge in [0, 0.05) is 25.8 Å². The van der Waals surface area contributed by atoms with E-state index < -0.39 is 60.7 Å².